The third kappa shape index (κ3) is 3.68. The Balaban J connectivity index is 1.49. The van der Waals surface area contributed by atoms with Crippen LogP contribution in [0.5, 0.6) is 0 Å². The van der Waals surface area contributed by atoms with Crippen LogP contribution in [0.2, 0.25) is 0 Å². The number of piperidine rings is 1. The number of benzene rings is 1. The Labute approximate surface area is 163 Å². The van der Waals surface area contributed by atoms with Crippen molar-refractivity contribution in [3.05, 3.63) is 53.9 Å². The lowest BCUT2D eigenvalue weighted by Crippen LogP contribution is -2.34. The van der Waals surface area contributed by atoms with E-state index >= 15 is 0 Å². The van der Waals surface area contributed by atoms with E-state index in [0.717, 1.165) is 30.8 Å². The van der Waals surface area contributed by atoms with Crippen LogP contribution in [0.3, 0.4) is 0 Å². The van der Waals surface area contributed by atoms with Gasteiger partial charge in [-0.15, -0.1) is 0 Å². The standard InChI is InChI=1S/C20H23N5O3/c1-24-12-10-21-19(24)16-5-3-4-11-25(16)13-17-22-18(23-28-17)14-6-8-15(9-7-14)20(26)27-2/h6-10,12,16H,3-5,11,13H2,1-2H3/t16-/m1/s1. The number of rotatable bonds is 5. The second-order valence-corrected chi connectivity index (χ2v) is 6.96. The Morgan fingerprint density at radius 1 is 1.29 bits per heavy atom. The highest BCUT2D eigenvalue weighted by atomic mass is 16.5. The Morgan fingerprint density at radius 3 is 2.82 bits per heavy atom. The summed E-state index contributed by atoms with van der Waals surface area (Å²) in [5, 5.41) is 4.10. The van der Waals surface area contributed by atoms with Crippen molar-refractivity contribution in [3.8, 4) is 11.4 Å². The fourth-order valence-corrected chi connectivity index (χ4v) is 3.65. The van der Waals surface area contributed by atoms with Crippen LogP contribution in [0.25, 0.3) is 11.4 Å². The van der Waals surface area contributed by atoms with Gasteiger partial charge in [0.2, 0.25) is 11.7 Å². The summed E-state index contributed by atoms with van der Waals surface area (Å²) in [5.74, 6) is 1.79. The van der Waals surface area contributed by atoms with Gasteiger partial charge in [0.25, 0.3) is 0 Å². The number of ether oxygens (including phenoxy) is 1. The van der Waals surface area contributed by atoms with Gasteiger partial charge >= 0.3 is 5.97 Å². The number of aryl methyl sites for hydroxylation is 1. The number of esters is 1. The van der Waals surface area contributed by atoms with Crippen LogP contribution < -0.4 is 0 Å². The predicted octanol–water partition coefficient (Wildman–Crippen LogP) is 2.98. The summed E-state index contributed by atoms with van der Waals surface area (Å²) in [6, 6.07) is 7.22. The molecule has 0 spiro atoms. The highest BCUT2D eigenvalue weighted by molar-refractivity contribution is 5.89. The van der Waals surface area contributed by atoms with E-state index < -0.39 is 0 Å². The average Bonchev–Trinajstić information content (AvgIpc) is 3.37. The number of methoxy groups -OCH3 is 1. The largest absolute Gasteiger partial charge is 0.465 e. The summed E-state index contributed by atoms with van der Waals surface area (Å²) in [7, 11) is 3.39. The minimum atomic E-state index is -0.370. The van der Waals surface area contributed by atoms with Crippen LogP contribution in [0.4, 0.5) is 0 Å². The highest BCUT2D eigenvalue weighted by Crippen LogP contribution is 2.31. The van der Waals surface area contributed by atoms with Crippen LogP contribution in [-0.4, -0.2) is 44.2 Å². The molecule has 1 aliphatic heterocycles. The maximum atomic E-state index is 11.6. The first-order valence-corrected chi connectivity index (χ1v) is 9.38. The second-order valence-electron chi connectivity index (χ2n) is 6.96. The maximum Gasteiger partial charge on any atom is 0.337 e. The molecule has 1 atom stereocenters. The molecule has 1 aromatic carbocycles. The summed E-state index contributed by atoms with van der Waals surface area (Å²) >= 11 is 0. The zero-order valence-corrected chi connectivity index (χ0v) is 16.0. The number of aromatic nitrogens is 4. The van der Waals surface area contributed by atoms with Gasteiger partial charge in [-0.1, -0.05) is 23.7 Å². The van der Waals surface area contributed by atoms with Crippen molar-refractivity contribution >= 4 is 5.97 Å². The molecule has 8 nitrogen and oxygen atoms in total. The number of nitrogens with zero attached hydrogens (tertiary/aromatic N) is 5. The molecule has 1 aliphatic rings. The molecule has 4 rings (SSSR count). The molecule has 0 N–H and O–H groups in total. The van der Waals surface area contributed by atoms with E-state index in [4.69, 9.17) is 9.26 Å². The fourth-order valence-electron chi connectivity index (χ4n) is 3.65. The summed E-state index contributed by atoms with van der Waals surface area (Å²) in [5.41, 5.74) is 1.28. The molecule has 3 heterocycles. The highest BCUT2D eigenvalue weighted by Gasteiger charge is 2.28. The van der Waals surface area contributed by atoms with Gasteiger partial charge in [0.15, 0.2) is 0 Å². The predicted molar refractivity (Wildman–Crippen MR) is 101 cm³/mol. The van der Waals surface area contributed by atoms with Crippen LogP contribution in [0.15, 0.2) is 41.2 Å². The normalized spacial score (nSPS) is 17.6. The Hall–Kier alpha value is -3.00. The number of hydrogen-bond acceptors (Lipinski definition) is 7. The molecule has 3 aromatic rings. The first kappa shape index (κ1) is 18.4. The van der Waals surface area contributed by atoms with Crippen molar-refractivity contribution < 1.29 is 14.1 Å². The molecule has 0 unspecified atom stereocenters. The van der Waals surface area contributed by atoms with E-state index in [9.17, 15) is 4.79 Å². The van der Waals surface area contributed by atoms with Gasteiger partial charge in [-0.25, -0.2) is 9.78 Å². The lowest BCUT2D eigenvalue weighted by atomic mass is 10.0. The third-order valence-electron chi connectivity index (χ3n) is 5.14. The van der Waals surface area contributed by atoms with Gasteiger partial charge in [-0.2, -0.15) is 4.98 Å². The number of carbonyl (C=O) groups is 1. The van der Waals surface area contributed by atoms with E-state index in [-0.39, 0.29) is 12.0 Å². The van der Waals surface area contributed by atoms with Crippen molar-refractivity contribution in [1.82, 2.24) is 24.6 Å². The minimum Gasteiger partial charge on any atom is -0.465 e. The number of hydrogen-bond donors (Lipinski definition) is 0. The van der Waals surface area contributed by atoms with Gasteiger partial charge in [-0.3, -0.25) is 4.90 Å². The molecular formula is C20H23N5O3. The lowest BCUT2D eigenvalue weighted by molar-refractivity contribution is 0.0600. The van der Waals surface area contributed by atoms with E-state index in [1.54, 1.807) is 24.3 Å². The van der Waals surface area contributed by atoms with E-state index in [0.29, 0.717) is 23.8 Å². The van der Waals surface area contributed by atoms with Crippen molar-refractivity contribution in [2.45, 2.75) is 31.8 Å². The molecule has 0 saturated carbocycles. The van der Waals surface area contributed by atoms with Gasteiger partial charge in [0.1, 0.15) is 5.82 Å². The monoisotopic (exact) mass is 381 g/mol. The lowest BCUT2D eigenvalue weighted by Gasteiger charge is -2.34. The molecule has 2 aromatic heterocycles. The van der Waals surface area contributed by atoms with E-state index in [1.165, 1.54) is 13.5 Å². The minimum absolute atomic E-state index is 0.253. The second kappa shape index (κ2) is 7.93. The molecule has 0 radical (unpaired) electrons. The van der Waals surface area contributed by atoms with Crippen LogP contribution in [-0.2, 0) is 18.3 Å². The topological polar surface area (TPSA) is 86.3 Å². The average molecular weight is 381 g/mol. The maximum absolute atomic E-state index is 11.6. The van der Waals surface area contributed by atoms with Gasteiger partial charge in [0, 0.05) is 25.0 Å². The zero-order chi connectivity index (χ0) is 19.5. The zero-order valence-electron chi connectivity index (χ0n) is 16.0. The van der Waals surface area contributed by atoms with Crippen molar-refractivity contribution in [2.24, 2.45) is 7.05 Å². The first-order valence-electron chi connectivity index (χ1n) is 9.38. The molecule has 0 bridgehead atoms. The molecule has 28 heavy (non-hydrogen) atoms. The molecule has 0 aliphatic carbocycles. The molecule has 1 saturated heterocycles. The van der Waals surface area contributed by atoms with Gasteiger partial charge in [-0.05, 0) is 31.5 Å². The van der Waals surface area contributed by atoms with Crippen molar-refractivity contribution in [1.29, 1.82) is 0 Å². The SMILES string of the molecule is COC(=O)c1ccc(-c2noc(CN3CCCC[C@@H]3c3nccn3C)n2)cc1. The Morgan fingerprint density at radius 2 is 2.11 bits per heavy atom. The van der Waals surface area contributed by atoms with Crippen LogP contribution in [0.1, 0.15) is 47.4 Å². The summed E-state index contributed by atoms with van der Waals surface area (Å²) < 4.78 is 12.3. The van der Waals surface area contributed by atoms with Gasteiger partial charge in [0.05, 0.1) is 25.3 Å². The fraction of sp³-hybridized carbons (Fsp3) is 0.400. The smallest absolute Gasteiger partial charge is 0.337 e. The summed E-state index contributed by atoms with van der Waals surface area (Å²) in [6.07, 6.45) is 7.23. The number of likely N-dealkylation sites (tertiary alicyclic amines) is 1. The van der Waals surface area contributed by atoms with E-state index in [2.05, 4.69) is 24.6 Å². The van der Waals surface area contributed by atoms with Crippen molar-refractivity contribution in [2.75, 3.05) is 13.7 Å². The summed E-state index contributed by atoms with van der Waals surface area (Å²) in [4.78, 5) is 23.0. The number of imidazole rings is 1. The van der Waals surface area contributed by atoms with Crippen LogP contribution >= 0.6 is 0 Å². The summed E-state index contributed by atoms with van der Waals surface area (Å²) in [6.45, 7) is 1.56. The van der Waals surface area contributed by atoms with Crippen molar-refractivity contribution in [3.63, 3.8) is 0 Å². The quantitative estimate of drug-likeness (QED) is 0.628. The van der Waals surface area contributed by atoms with Crippen LogP contribution in [0, 0.1) is 0 Å². The number of carbonyl (C=O) groups excluding carboxylic acids is 1. The molecule has 0 amide bonds. The Kier molecular flexibility index (Phi) is 5.21. The third-order valence-corrected chi connectivity index (χ3v) is 5.14. The molecule has 146 valence electrons. The molecule has 8 heteroatoms. The van der Waals surface area contributed by atoms with Gasteiger partial charge < -0.3 is 13.8 Å². The molecular weight excluding hydrogens is 358 g/mol. The molecule has 1 fully saturated rings. The van der Waals surface area contributed by atoms with E-state index in [1.807, 2.05) is 19.4 Å². The Bertz CT molecular complexity index is 947. The first-order chi connectivity index (χ1) is 13.7.